The molecule has 0 spiro atoms. The summed E-state index contributed by atoms with van der Waals surface area (Å²) in [5, 5.41) is 4.20. The van der Waals surface area contributed by atoms with Gasteiger partial charge in [-0.3, -0.25) is 0 Å². The molecular weight excluding hydrogens is 253 g/mol. The summed E-state index contributed by atoms with van der Waals surface area (Å²) < 4.78 is 19.0. The molecule has 0 aliphatic carbocycles. The highest BCUT2D eigenvalue weighted by Crippen LogP contribution is 2.25. The van der Waals surface area contributed by atoms with Crippen LogP contribution in [0.4, 0.5) is 4.39 Å². The molecule has 1 heterocycles. The summed E-state index contributed by atoms with van der Waals surface area (Å²) in [6, 6.07) is 14.8. The highest BCUT2D eigenvalue weighted by Gasteiger charge is 2.10. The molecule has 3 rings (SSSR count). The molecule has 0 saturated heterocycles. The molecule has 0 unspecified atom stereocenters. The van der Waals surface area contributed by atoms with Crippen molar-refractivity contribution in [2.75, 3.05) is 0 Å². The number of hydrogen-bond acceptors (Lipinski definition) is 2. The van der Waals surface area contributed by atoms with Crippen molar-refractivity contribution in [1.82, 2.24) is 5.32 Å². The Balaban J connectivity index is 1.73. The van der Waals surface area contributed by atoms with Crippen molar-refractivity contribution in [3.05, 3.63) is 71.2 Å². The van der Waals surface area contributed by atoms with E-state index in [-0.39, 0.29) is 5.82 Å². The van der Waals surface area contributed by atoms with Crippen LogP contribution in [0, 0.1) is 12.7 Å². The van der Waals surface area contributed by atoms with Crippen LogP contribution in [-0.2, 0) is 13.1 Å². The Morgan fingerprint density at radius 3 is 2.65 bits per heavy atom. The first kappa shape index (κ1) is 12.9. The van der Waals surface area contributed by atoms with Crippen molar-refractivity contribution in [1.29, 1.82) is 0 Å². The molecule has 3 heteroatoms. The number of rotatable bonds is 4. The van der Waals surface area contributed by atoms with E-state index in [1.54, 1.807) is 6.07 Å². The standard InChI is InChI=1S/C17H16FNO/c1-12-15-9-14(18)7-8-16(15)20-17(12)11-19-10-13-5-3-2-4-6-13/h2-9,19H,10-11H2,1H3. The van der Waals surface area contributed by atoms with Crippen molar-refractivity contribution in [2.24, 2.45) is 0 Å². The molecule has 20 heavy (non-hydrogen) atoms. The maximum atomic E-state index is 13.2. The van der Waals surface area contributed by atoms with Gasteiger partial charge in [0.1, 0.15) is 17.2 Å². The molecule has 1 N–H and O–H groups in total. The van der Waals surface area contributed by atoms with E-state index >= 15 is 0 Å². The maximum Gasteiger partial charge on any atom is 0.134 e. The molecule has 0 fully saturated rings. The van der Waals surface area contributed by atoms with Crippen LogP contribution in [0.15, 0.2) is 52.9 Å². The van der Waals surface area contributed by atoms with Gasteiger partial charge in [0, 0.05) is 11.9 Å². The average Bonchev–Trinajstić information content (AvgIpc) is 2.77. The predicted octanol–water partition coefficient (Wildman–Crippen LogP) is 4.17. The summed E-state index contributed by atoms with van der Waals surface area (Å²) in [7, 11) is 0. The van der Waals surface area contributed by atoms with Gasteiger partial charge >= 0.3 is 0 Å². The van der Waals surface area contributed by atoms with Crippen molar-refractivity contribution >= 4 is 11.0 Å². The Bertz CT molecular complexity index is 718. The zero-order chi connectivity index (χ0) is 13.9. The van der Waals surface area contributed by atoms with Crippen LogP contribution in [-0.4, -0.2) is 0 Å². The third kappa shape index (κ3) is 2.58. The topological polar surface area (TPSA) is 25.2 Å². The zero-order valence-electron chi connectivity index (χ0n) is 11.3. The van der Waals surface area contributed by atoms with Gasteiger partial charge in [0.25, 0.3) is 0 Å². The Kier molecular flexibility index (Phi) is 3.52. The highest BCUT2D eigenvalue weighted by molar-refractivity contribution is 5.82. The predicted molar refractivity (Wildman–Crippen MR) is 77.9 cm³/mol. The van der Waals surface area contributed by atoms with Crippen LogP contribution >= 0.6 is 0 Å². The fourth-order valence-corrected chi connectivity index (χ4v) is 2.33. The average molecular weight is 269 g/mol. The van der Waals surface area contributed by atoms with Crippen LogP contribution < -0.4 is 5.32 Å². The number of furan rings is 1. The van der Waals surface area contributed by atoms with E-state index in [2.05, 4.69) is 17.4 Å². The Morgan fingerprint density at radius 2 is 1.85 bits per heavy atom. The summed E-state index contributed by atoms with van der Waals surface area (Å²) in [5.74, 6) is 0.631. The first-order valence-corrected chi connectivity index (χ1v) is 6.66. The molecule has 0 aliphatic heterocycles. The second kappa shape index (κ2) is 5.47. The van der Waals surface area contributed by atoms with Crippen molar-refractivity contribution < 1.29 is 8.81 Å². The molecule has 102 valence electrons. The molecule has 3 aromatic rings. The van der Waals surface area contributed by atoms with Gasteiger partial charge in [0.2, 0.25) is 0 Å². The number of benzene rings is 2. The summed E-state index contributed by atoms with van der Waals surface area (Å²) >= 11 is 0. The van der Waals surface area contributed by atoms with E-state index in [1.807, 2.05) is 25.1 Å². The van der Waals surface area contributed by atoms with Crippen molar-refractivity contribution in [2.45, 2.75) is 20.0 Å². The Labute approximate surface area is 117 Å². The molecule has 0 amide bonds. The summed E-state index contributed by atoms with van der Waals surface area (Å²) in [5.41, 5.74) is 2.97. The van der Waals surface area contributed by atoms with Crippen LogP contribution in [0.1, 0.15) is 16.9 Å². The van der Waals surface area contributed by atoms with E-state index in [1.165, 1.54) is 17.7 Å². The third-order valence-corrected chi connectivity index (χ3v) is 3.45. The lowest BCUT2D eigenvalue weighted by molar-refractivity contribution is 0.510. The zero-order valence-corrected chi connectivity index (χ0v) is 11.3. The van der Waals surface area contributed by atoms with Gasteiger partial charge < -0.3 is 9.73 Å². The van der Waals surface area contributed by atoms with Crippen molar-refractivity contribution in [3.8, 4) is 0 Å². The van der Waals surface area contributed by atoms with Gasteiger partial charge in [-0.1, -0.05) is 30.3 Å². The minimum atomic E-state index is -0.231. The van der Waals surface area contributed by atoms with Gasteiger partial charge in [0.15, 0.2) is 0 Å². The van der Waals surface area contributed by atoms with Crippen LogP contribution in [0.5, 0.6) is 0 Å². The summed E-state index contributed by atoms with van der Waals surface area (Å²) in [6.07, 6.45) is 0. The lowest BCUT2D eigenvalue weighted by Crippen LogP contribution is -2.12. The van der Waals surface area contributed by atoms with Crippen molar-refractivity contribution in [3.63, 3.8) is 0 Å². The van der Waals surface area contributed by atoms with E-state index in [0.29, 0.717) is 6.54 Å². The number of aryl methyl sites for hydroxylation is 1. The number of hydrogen-bond donors (Lipinski definition) is 1. The second-order valence-electron chi connectivity index (χ2n) is 4.88. The van der Waals surface area contributed by atoms with E-state index in [4.69, 9.17) is 4.42 Å². The van der Waals surface area contributed by atoms with Gasteiger partial charge in [-0.05, 0) is 36.2 Å². The van der Waals surface area contributed by atoms with Crippen LogP contribution in [0.3, 0.4) is 0 Å². The quantitative estimate of drug-likeness (QED) is 0.769. The van der Waals surface area contributed by atoms with E-state index in [0.717, 1.165) is 28.8 Å². The molecule has 1 aromatic heterocycles. The molecule has 0 radical (unpaired) electrons. The Morgan fingerprint density at radius 1 is 1.05 bits per heavy atom. The Hall–Kier alpha value is -2.13. The van der Waals surface area contributed by atoms with Crippen LogP contribution in [0.25, 0.3) is 11.0 Å². The van der Waals surface area contributed by atoms with E-state index in [9.17, 15) is 4.39 Å². The first-order valence-electron chi connectivity index (χ1n) is 6.66. The lowest BCUT2D eigenvalue weighted by Gasteiger charge is -2.03. The summed E-state index contributed by atoms with van der Waals surface area (Å²) in [6.45, 7) is 3.38. The third-order valence-electron chi connectivity index (χ3n) is 3.45. The smallest absolute Gasteiger partial charge is 0.134 e. The SMILES string of the molecule is Cc1c(CNCc2ccccc2)oc2ccc(F)cc12. The normalized spacial score (nSPS) is 11.1. The van der Waals surface area contributed by atoms with Gasteiger partial charge in [-0.15, -0.1) is 0 Å². The minimum Gasteiger partial charge on any atom is -0.459 e. The lowest BCUT2D eigenvalue weighted by atomic mass is 10.1. The molecule has 0 bridgehead atoms. The number of fused-ring (bicyclic) bond motifs is 1. The maximum absolute atomic E-state index is 13.2. The second-order valence-corrected chi connectivity index (χ2v) is 4.88. The number of nitrogens with one attached hydrogen (secondary N) is 1. The fourth-order valence-electron chi connectivity index (χ4n) is 2.33. The largest absolute Gasteiger partial charge is 0.459 e. The molecule has 2 nitrogen and oxygen atoms in total. The minimum absolute atomic E-state index is 0.231. The molecule has 0 aliphatic rings. The van der Waals surface area contributed by atoms with Gasteiger partial charge in [-0.25, -0.2) is 4.39 Å². The molecular formula is C17H16FNO. The van der Waals surface area contributed by atoms with Crippen LogP contribution in [0.2, 0.25) is 0 Å². The van der Waals surface area contributed by atoms with Gasteiger partial charge in [-0.2, -0.15) is 0 Å². The fraction of sp³-hybridized carbons (Fsp3) is 0.176. The van der Waals surface area contributed by atoms with E-state index < -0.39 is 0 Å². The molecule has 0 saturated carbocycles. The number of halogens is 1. The summed E-state index contributed by atoms with van der Waals surface area (Å²) in [4.78, 5) is 0. The highest BCUT2D eigenvalue weighted by atomic mass is 19.1. The molecule has 2 aromatic carbocycles. The first-order chi connectivity index (χ1) is 9.74. The van der Waals surface area contributed by atoms with Gasteiger partial charge in [0.05, 0.1) is 6.54 Å². The monoisotopic (exact) mass is 269 g/mol. The molecule has 0 atom stereocenters.